The number of rotatable bonds is 4. The molecule has 1 amide bonds. The quantitative estimate of drug-likeness (QED) is 0.918. The molecule has 4 heteroatoms. The van der Waals surface area contributed by atoms with Gasteiger partial charge in [-0.2, -0.15) is 0 Å². The third-order valence-electron chi connectivity index (χ3n) is 4.21. The van der Waals surface area contributed by atoms with Crippen LogP contribution < -0.4 is 10.1 Å². The molecule has 0 unspecified atom stereocenters. The van der Waals surface area contributed by atoms with Crippen LogP contribution in [-0.2, 0) is 10.2 Å². The normalized spacial score (nSPS) is 16.6. The number of hydrogen-bond acceptors (Lipinski definition) is 3. The Hall–Kier alpha value is -1.81. The Morgan fingerprint density at radius 3 is 2.71 bits per heavy atom. The van der Waals surface area contributed by atoms with Gasteiger partial charge in [-0.1, -0.05) is 25.0 Å². The summed E-state index contributed by atoms with van der Waals surface area (Å²) in [5.74, 6) is 0.861. The largest absolute Gasteiger partial charge is 0.497 e. The topological polar surface area (TPSA) is 38.3 Å². The molecule has 0 bridgehead atoms. The van der Waals surface area contributed by atoms with Crippen molar-refractivity contribution in [3.63, 3.8) is 0 Å². The van der Waals surface area contributed by atoms with Crippen molar-refractivity contribution in [3.05, 3.63) is 46.7 Å². The molecule has 0 aliphatic heterocycles. The van der Waals surface area contributed by atoms with Gasteiger partial charge in [-0.05, 0) is 36.4 Å². The van der Waals surface area contributed by atoms with Crippen LogP contribution in [0.4, 0.5) is 5.69 Å². The molecule has 1 aliphatic carbocycles. The van der Waals surface area contributed by atoms with Crippen molar-refractivity contribution in [2.45, 2.75) is 31.1 Å². The predicted octanol–water partition coefficient (Wildman–Crippen LogP) is 4.21. The summed E-state index contributed by atoms with van der Waals surface area (Å²) in [7, 11) is 1.63. The van der Waals surface area contributed by atoms with E-state index >= 15 is 0 Å². The van der Waals surface area contributed by atoms with Crippen LogP contribution in [0.1, 0.15) is 30.6 Å². The standard InChI is InChI=1S/C17H19NO2S/c1-20-14-7-4-6-13(12-14)18-16(19)17(9-2-3-10-17)15-8-5-11-21-15/h4-8,11-12H,2-3,9-10H2,1H3,(H,18,19). The maximum atomic E-state index is 12.9. The molecule has 110 valence electrons. The molecule has 1 N–H and O–H groups in total. The zero-order chi connectivity index (χ0) is 14.7. The molecule has 0 radical (unpaired) electrons. The van der Waals surface area contributed by atoms with E-state index in [4.69, 9.17) is 4.74 Å². The molecule has 1 aromatic carbocycles. The fourth-order valence-corrected chi connectivity index (χ4v) is 4.05. The van der Waals surface area contributed by atoms with E-state index in [1.807, 2.05) is 35.7 Å². The van der Waals surface area contributed by atoms with Gasteiger partial charge in [0.05, 0.1) is 12.5 Å². The molecule has 1 saturated carbocycles. The fraction of sp³-hybridized carbons (Fsp3) is 0.353. The van der Waals surface area contributed by atoms with Gasteiger partial charge in [-0.25, -0.2) is 0 Å². The van der Waals surface area contributed by atoms with Crippen LogP contribution in [0.2, 0.25) is 0 Å². The van der Waals surface area contributed by atoms with E-state index in [-0.39, 0.29) is 11.3 Å². The maximum absolute atomic E-state index is 12.9. The van der Waals surface area contributed by atoms with Crippen LogP contribution in [-0.4, -0.2) is 13.0 Å². The Kier molecular flexibility index (Phi) is 3.97. The SMILES string of the molecule is COc1cccc(NC(=O)C2(c3cccs3)CCCC2)c1. The van der Waals surface area contributed by atoms with Crippen LogP contribution in [0.15, 0.2) is 41.8 Å². The van der Waals surface area contributed by atoms with Crippen molar-refractivity contribution in [2.75, 3.05) is 12.4 Å². The third-order valence-corrected chi connectivity index (χ3v) is 5.29. The molecule has 3 rings (SSSR count). The molecule has 1 fully saturated rings. The van der Waals surface area contributed by atoms with Gasteiger partial charge < -0.3 is 10.1 Å². The minimum atomic E-state index is -0.350. The van der Waals surface area contributed by atoms with Crippen molar-refractivity contribution in [3.8, 4) is 5.75 Å². The first kappa shape index (κ1) is 14.1. The summed E-state index contributed by atoms with van der Waals surface area (Å²) in [5.41, 5.74) is 0.444. The number of benzene rings is 1. The number of nitrogens with one attached hydrogen (secondary N) is 1. The van der Waals surface area contributed by atoms with Crippen LogP contribution >= 0.6 is 11.3 Å². The first-order chi connectivity index (χ1) is 10.2. The van der Waals surface area contributed by atoms with Gasteiger partial charge in [0.25, 0.3) is 0 Å². The number of thiophene rings is 1. The number of carbonyl (C=O) groups excluding carboxylic acids is 1. The van der Waals surface area contributed by atoms with Crippen molar-refractivity contribution < 1.29 is 9.53 Å². The minimum Gasteiger partial charge on any atom is -0.497 e. The molecule has 0 saturated heterocycles. The highest BCUT2D eigenvalue weighted by Crippen LogP contribution is 2.44. The Morgan fingerprint density at radius 1 is 1.24 bits per heavy atom. The Labute approximate surface area is 129 Å². The van der Waals surface area contributed by atoms with Gasteiger partial charge in [0, 0.05) is 16.6 Å². The Morgan fingerprint density at radius 2 is 2.05 bits per heavy atom. The molecule has 21 heavy (non-hydrogen) atoms. The van der Waals surface area contributed by atoms with Gasteiger partial charge in [-0.3, -0.25) is 4.79 Å². The summed E-state index contributed by atoms with van der Waals surface area (Å²) in [5, 5.41) is 5.13. The number of carbonyl (C=O) groups is 1. The molecular weight excluding hydrogens is 282 g/mol. The van der Waals surface area contributed by atoms with E-state index < -0.39 is 0 Å². The lowest BCUT2D eigenvalue weighted by molar-refractivity contribution is -0.121. The van der Waals surface area contributed by atoms with Crippen molar-refractivity contribution in [1.29, 1.82) is 0 Å². The molecule has 1 heterocycles. The maximum Gasteiger partial charge on any atom is 0.235 e. The molecule has 0 atom stereocenters. The van der Waals surface area contributed by atoms with E-state index in [1.54, 1.807) is 18.4 Å². The van der Waals surface area contributed by atoms with E-state index in [2.05, 4.69) is 11.4 Å². The number of ether oxygens (including phenoxy) is 1. The summed E-state index contributed by atoms with van der Waals surface area (Å²) < 4.78 is 5.21. The summed E-state index contributed by atoms with van der Waals surface area (Å²) >= 11 is 1.68. The van der Waals surface area contributed by atoms with Crippen molar-refractivity contribution in [2.24, 2.45) is 0 Å². The number of hydrogen-bond donors (Lipinski definition) is 1. The highest BCUT2D eigenvalue weighted by atomic mass is 32.1. The first-order valence-electron chi connectivity index (χ1n) is 7.24. The lowest BCUT2D eigenvalue weighted by Gasteiger charge is -2.26. The van der Waals surface area contributed by atoms with Gasteiger partial charge >= 0.3 is 0 Å². The molecular formula is C17H19NO2S. The molecule has 3 nitrogen and oxygen atoms in total. The van der Waals surface area contributed by atoms with Crippen LogP contribution in [0.3, 0.4) is 0 Å². The van der Waals surface area contributed by atoms with E-state index in [9.17, 15) is 4.79 Å². The molecule has 0 spiro atoms. The average molecular weight is 301 g/mol. The van der Waals surface area contributed by atoms with E-state index in [0.717, 1.165) is 37.1 Å². The smallest absolute Gasteiger partial charge is 0.235 e. The number of anilines is 1. The van der Waals surface area contributed by atoms with E-state index in [0.29, 0.717) is 0 Å². The first-order valence-corrected chi connectivity index (χ1v) is 8.12. The van der Waals surface area contributed by atoms with E-state index in [1.165, 1.54) is 4.88 Å². The van der Waals surface area contributed by atoms with Gasteiger partial charge in [0.15, 0.2) is 0 Å². The second kappa shape index (κ2) is 5.90. The second-order valence-corrected chi connectivity index (χ2v) is 6.40. The molecule has 2 aromatic rings. The summed E-state index contributed by atoms with van der Waals surface area (Å²) in [6, 6.07) is 11.6. The highest BCUT2D eigenvalue weighted by Gasteiger charge is 2.43. The highest BCUT2D eigenvalue weighted by molar-refractivity contribution is 7.10. The molecule has 1 aromatic heterocycles. The number of methoxy groups -OCH3 is 1. The zero-order valence-corrected chi connectivity index (χ0v) is 12.9. The summed E-state index contributed by atoms with van der Waals surface area (Å²) in [6.07, 6.45) is 4.10. The Bertz CT molecular complexity index is 615. The predicted molar refractivity (Wildman–Crippen MR) is 86.1 cm³/mol. The monoisotopic (exact) mass is 301 g/mol. The van der Waals surface area contributed by atoms with Gasteiger partial charge in [0.1, 0.15) is 5.75 Å². The third kappa shape index (κ3) is 2.68. The Balaban J connectivity index is 1.85. The van der Waals surface area contributed by atoms with Gasteiger partial charge in [0.2, 0.25) is 5.91 Å². The van der Waals surface area contributed by atoms with Crippen LogP contribution in [0.5, 0.6) is 5.75 Å². The summed E-state index contributed by atoms with van der Waals surface area (Å²) in [4.78, 5) is 14.1. The minimum absolute atomic E-state index is 0.107. The lowest BCUT2D eigenvalue weighted by Crippen LogP contribution is -2.37. The van der Waals surface area contributed by atoms with Crippen molar-refractivity contribution in [1.82, 2.24) is 0 Å². The van der Waals surface area contributed by atoms with Crippen molar-refractivity contribution >= 4 is 22.9 Å². The van der Waals surface area contributed by atoms with Crippen LogP contribution in [0, 0.1) is 0 Å². The number of amides is 1. The van der Waals surface area contributed by atoms with Gasteiger partial charge in [-0.15, -0.1) is 11.3 Å². The summed E-state index contributed by atoms with van der Waals surface area (Å²) in [6.45, 7) is 0. The zero-order valence-electron chi connectivity index (χ0n) is 12.1. The van der Waals surface area contributed by atoms with Crippen LogP contribution in [0.25, 0.3) is 0 Å². The average Bonchev–Trinajstić information content (AvgIpc) is 3.19. The fourth-order valence-electron chi connectivity index (χ4n) is 3.07. The second-order valence-electron chi connectivity index (χ2n) is 5.45. The molecule has 1 aliphatic rings. The lowest BCUT2D eigenvalue weighted by atomic mass is 9.83.